The highest BCUT2D eigenvalue weighted by atomic mass is 16.5. The number of aryl methyl sites for hydroxylation is 1. The van der Waals surface area contributed by atoms with Crippen LogP contribution in [0, 0.1) is 5.92 Å². The summed E-state index contributed by atoms with van der Waals surface area (Å²) in [6.07, 6.45) is 7.70. The minimum absolute atomic E-state index is 0.0378. The zero-order valence-electron chi connectivity index (χ0n) is 18.5. The maximum atomic E-state index is 12.6. The zero-order chi connectivity index (χ0) is 20.6. The fourth-order valence-electron chi connectivity index (χ4n) is 4.65. The Hall–Kier alpha value is -1.59. The average molecular weight is 402 g/mol. The number of anilines is 1. The number of morpholine rings is 1. The Balaban J connectivity index is 1.39. The van der Waals surface area contributed by atoms with Gasteiger partial charge < -0.3 is 15.0 Å². The lowest BCUT2D eigenvalue weighted by atomic mass is 9.96. The van der Waals surface area contributed by atoms with Crippen LogP contribution in [0.15, 0.2) is 24.3 Å². The Morgan fingerprint density at radius 3 is 2.34 bits per heavy atom. The Morgan fingerprint density at radius 2 is 1.72 bits per heavy atom. The van der Waals surface area contributed by atoms with Gasteiger partial charge in [0.25, 0.3) is 0 Å². The van der Waals surface area contributed by atoms with Gasteiger partial charge in [-0.2, -0.15) is 0 Å². The first-order valence-corrected chi connectivity index (χ1v) is 11.6. The molecule has 0 bridgehead atoms. The monoisotopic (exact) mass is 401 g/mol. The number of rotatable bonds is 7. The van der Waals surface area contributed by atoms with Crippen molar-refractivity contribution < 1.29 is 9.53 Å². The second-order valence-corrected chi connectivity index (χ2v) is 8.99. The second kappa shape index (κ2) is 11.0. The zero-order valence-corrected chi connectivity index (χ0v) is 18.5. The third-order valence-electron chi connectivity index (χ3n) is 6.19. The molecule has 1 N–H and O–H groups in total. The molecular formula is C24H39N3O2. The lowest BCUT2D eigenvalue weighted by molar-refractivity contribution is -0.0728. The van der Waals surface area contributed by atoms with Crippen LogP contribution >= 0.6 is 0 Å². The van der Waals surface area contributed by atoms with Crippen LogP contribution in [0.3, 0.4) is 0 Å². The average Bonchev–Trinajstić information content (AvgIpc) is 2.69. The van der Waals surface area contributed by atoms with Crippen molar-refractivity contribution >= 4 is 11.7 Å². The van der Waals surface area contributed by atoms with E-state index < -0.39 is 0 Å². The number of benzene rings is 1. The van der Waals surface area contributed by atoms with Crippen molar-refractivity contribution in [2.75, 3.05) is 38.0 Å². The van der Waals surface area contributed by atoms with E-state index in [9.17, 15) is 4.79 Å². The van der Waals surface area contributed by atoms with Crippen LogP contribution in [0.25, 0.3) is 0 Å². The maximum Gasteiger partial charge on any atom is 0.321 e. The van der Waals surface area contributed by atoms with Crippen LogP contribution in [-0.4, -0.2) is 60.8 Å². The van der Waals surface area contributed by atoms with Crippen molar-refractivity contribution in [2.45, 2.75) is 71.5 Å². The minimum atomic E-state index is 0.0378. The fourth-order valence-corrected chi connectivity index (χ4v) is 4.65. The summed E-state index contributed by atoms with van der Waals surface area (Å²) in [7, 11) is 0. The molecule has 5 nitrogen and oxygen atoms in total. The highest BCUT2D eigenvalue weighted by Crippen LogP contribution is 2.22. The van der Waals surface area contributed by atoms with Gasteiger partial charge in [0.1, 0.15) is 0 Å². The smallest absolute Gasteiger partial charge is 0.321 e. The standard InChI is InChI=1S/C24H39N3O2/c1-4-5-6-7-21-8-10-23(11-9-21)25-24(28)27-14-12-22(13-15-27)18-26-16-19(2)29-20(3)17-26/h8-11,19-20,22H,4-7,12-18H2,1-3H3,(H,25,28). The molecule has 3 rings (SSSR count). The summed E-state index contributed by atoms with van der Waals surface area (Å²) in [6, 6.07) is 8.39. The Bertz CT molecular complexity index is 616. The predicted molar refractivity (Wildman–Crippen MR) is 119 cm³/mol. The van der Waals surface area contributed by atoms with Gasteiger partial charge in [-0.25, -0.2) is 4.79 Å². The molecule has 0 spiro atoms. The Labute approximate surface area is 176 Å². The predicted octanol–water partition coefficient (Wildman–Crippen LogP) is 4.77. The van der Waals surface area contributed by atoms with Gasteiger partial charge in [-0.05, 0) is 63.1 Å². The number of urea groups is 1. The first kappa shape index (κ1) is 22.1. The number of hydrogen-bond donors (Lipinski definition) is 1. The number of piperidine rings is 1. The van der Waals surface area contributed by atoms with Crippen LogP contribution in [0.1, 0.15) is 58.4 Å². The number of amides is 2. The van der Waals surface area contributed by atoms with Gasteiger partial charge in [0, 0.05) is 38.4 Å². The molecule has 1 aromatic rings. The molecule has 1 aromatic carbocycles. The number of carbonyl (C=O) groups excluding carboxylic acids is 1. The summed E-state index contributed by atoms with van der Waals surface area (Å²) in [5, 5.41) is 3.07. The molecule has 0 saturated carbocycles. The largest absolute Gasteiger partial charge is 0.373 e. The number of nitrogens with zero attached hydrogens (tertiary/aromatic N) is 2. The summed E-state index contributed by atoms with van der Waals surface area (Å²) in [6.45, 7) is 11.4. The van der Waals surface area contributed by atoms with Crippen molar-refractivity contribution in [3.8, 4) is 0 Å². The van der Waals surface area contributed by atoms with Gasteiger partial charge in [0.15, 0.2) is 0 Å². The number of carbonyl (C=O) groups is 1. The highest BCUT2D eigenvalue weighted by Gasteiger charge is 2.28. The van der Waals surface area contributed by atoms with Crippen LogP contribution < -0.4 is 5.32 Å². The molecule has 2 aliphatic heterocycles. The quantitative estimate of drug-likeness (QED) is 0.669. The summed E-state index contributed by atoms with van der Waals surface area (Å²) < 4.78 is 5.84. The molecule has 2 saturated heterocycles. The van der Waals surface area contributed by atoms with Crippen molar-refractivity contribution in [2.24, 2.45) is 5.92 Å². The van der Waals surface area contributed by atoms with E-state index in [1.807, 2.05) is 17.0 Å². The SMILES string of the molecule is CCCCCc1ccc(NC(=O)N2CCC(CN3CC(C)OC(C)C3)CC2)cc1. The van der Waals surface area contributed by atoms with Gasteiger partial charge in [-0.1, -0.05) is 31.9 Å². The second-order valence-electron chi connectivity index (χ2n) is 8.99. The lowest BCUT2D eigenvalue weighted by Gasteiger charge is -2.39. The molecule has 2 amide bonds. The van der Waals surface area contributed by atoms with Crippen molar-refractivity contribution in [1.82, 2.24) is 9.80 Å². The summed E-state index contributed by atoms with van der Waals surface area (Å²) in [5.41, 5.74) is 2.25. The molecule has 2 atom stereocenters. The molecule has 29 heavy (non-hydrogen) atoms. The number of ether oxygens (including phenoxy) is 1. The molecule has 2 fully saturated rings. The van der Waals surface area contributed by atoms with E-state index in [-0.39, 0.29) is 6.03 Å². The Kier molecular flexibility index (Phi) is 8.37. The molecule has 2 aliphatic rings. The third-order valence-corrected chi connectivity index (χ3v) is 6.19. The van der Waals surface area contributed by atoms with Gasteiger partial charge in [0.05, 0.1) is 12.2 Å². The highest BCUT2D eigenvalue weighted by molar-refractivity contribution is 5.89. The molecule has 162 valence electrons. The Morgan fingerprint density at radius 1 is 1.07 bits per heavy atom. The molecule has 5 heteroatoms. The first-order chi connectivity index (χ1) is 14.0. The molecule has 0 aliphatic carbocycles. The number of hydrogen-bond acceptors (Lipinski definition) is 3. The van der Waals surface area contributed by atoms with Gasteiger partial charge in [0.2, 0.25) is 0 Å². The van der Waals surface area contributed by atoms with E-state index in [4.69, 9.17) is 4.74 Å². The minimum Gasteiger partial charge on any atom is -0.373 e. The third kappa shape index (κ3) is 7.00. The molecule has 2 unspecified atom stereocenters. The van der Waals surface area contributed by atoms with E-state index in [0.717, 1.165) is 57.7 Å². The lowest BCUT2D eigenvalue weighted by Crippen LogP contribution is -2.49. The van der Waals surface area contributed by atoms with E-state index in [1.54, 1.807) is 0 Å². The molecule has 0 radical (unpaired) electrons. The van der Waals surface area contributed by atoms with Crippen molar-refractivity contribution in [3.05, 3.63) is 29.8 Å². The van der Waals surface area contributed by atoms with Gasteiger partial charge in [-0.3, -0.25) is 4.90 Å². The molecule has 0 aromatic heterocycles. The number of nitrogens with one attached hydrogen (secondary N) is 1. The summed E-state index contributed by atoms with van der Waals surface area (Å²) in [5.74, 6) is 0.680. The van der Waals surface area contributed by atoms with Crippen LogP contribution in [0.5, 0.6) is 0 Å². The van der Waals surface area contributed by atoms with Crippen LogP contribution in [0.2, 0.25) is 0 Å². The summed E-state index contributed by atoms with van der Waals surface area (Å²) >= 11 is 0. The normalized spacial score (nSPS) is 23.9. The van der Waals surface area contributed by atoms with Gasteiger partial charge in [-0.15, -0.1) is 0 Å². The van der Waals surface area contributed by atoms with Crippen LogP contribution in [0.4, 0.5) is 10.5 Å². The number of unbranched alkanes of at least 4 members (excludes halogenated alkanes) is 2. The molecular weight excluding hydrogens is 362 g/mol. The van der Waals surface area contributed by atoms with E-state index in [2.05, 4.69) is 43.1 Å². The summed E-state index contributed by atoms with van der Waals surface area (Å²) in [4.78, 5) is 17.1. The van der Waals surface area contributed by atoms with Crippen molar-refractivity contribution in [3.63, 3.8) is 0 Å². The van der Waals surface area contributed by atoms with E-state index in [1.165, 1.54) is 24.8 Å². The molecule has 2 heterocycles. The van der Waals surface area contributed by atoms with Gasteiger partial charge >= 0.3 is 6.03 Å². The maximum absolute atomic E-state index is 12.6. The topological polar surface area (TPSA) is 44.8 Å². The van der Waals surface area contributed by atoms with Crippen molar-refractivity contribution in [1.29, 1.82) is 0 Å². The van der Waals surface area contributed by atoms with Crippen LogP contribution in [-0.2, 0) is 11.2 Å². The van der Waals surface area contributed by atoms with E-state index in [0.29, 0.717) is 18.1 Å². The fraction of sp³-hybridized carbons (Fsp3) is 0.708. The first-order valence-electron chi connectivity index (χ1n) is 11.6. The van der Waals surface area contributed by atoms with E-state index >= 15 is 0 Å². The number of likely N-dealkylation sites (tertiary alicyclic amines) is 1.